The molecular weight excluding hydrogens is 302 g/mol. The molecule has 0 aromatic heterocycles. The molecule has 22 heavy (non-hydrogen) atoms. The summed E-state index contributed by atoms with van der Waals surface area (Å²) in [6.07, 6.45) is 2.46. The van der Waals surface area contributed by atoms with Crippen molar-refractivity contribution in [2.45, 2.75) is 11.3 Å². The van der Waals surface area contributed by atoms with Crippen LogP contribution < -0.4 is 0 Å². The molecule has 3 rings (SSSR count). The normalized spacial score (nSPS) is 27.5. The molecule has 0 spiro atoms. The van der Waals surface area contributed by atoms with E-state index in [1.54, 1.807) is 28.8 Å². The van der Waals surface area contributed by atoms with Gasteiger partial charge in [0.15, 0.2) is 0 Å². The van der Waals surface area contributed by atoms with Gasteiger partial charge in [-0.1, -0.05) is 0 Å². The van der Waals surface area contributed by atoms with Crippen LogP contribution in [0.3, 0.4) is 0 Å². The second-order valence-electron chi connectivity index (χ2n) is 5.90. The Balaban J connectivity index is 1.80. The Morgan fingerprint density at radius 2 is 2.09 bits per heavy atom. The Kier molecular flexibility index (Phi) is 4.14. The molecule has 2 fully saturated rings. The summed E-state index contributed by atoms with van der Waals surface area (Å²) < 4.78 is 5.42. The van der Waals surface area contributed by atoms with Gasteiger partial charge in [0.25, 0.3) is 5.91 Å². The summed E-state index contributed by atoms with van der Waals surface area (Å²) in [5.74, 6) is -1.02. The quantitative estimate of drug-likeness (QED) is 0.862. The van der Waals surface area contributed by atoms with Gasteiger partial charge in [-0.05, 0) is 36.9 Å². The number of hydrogen-bond donors (Lipinski definition) is 1. The Labute approximate surface area is 133 Å². The third-order valence-corrected chi connectivity index (χ3v) is 5.50. The average molecular weight is 321 g/mol. The summed E-state index contributed by atoms with van der Waals surface area (Å²) in [5.41, 5.74) is -0.231. The van der Waals surface area contributed by atoms with Gasteiger partial charge in [0.1, 0.15) is 0 Å². The highest BCUT2D eigenvalue weighted by Crippen LogP contribution is 2.42. The Morgan fingerprint density at radius 1 is 1.36 bits per heavy atom. The number of likely N-dealkylation sites (tertiary alicyclic amines) is 1. The molecule has 1 aromatic carbocycles. The fraction of sp³-hybridized carbons (Fsp3) is 0.500. The van der Waals surface area contributed by atoms with Crippen molar-refractivity contribution >= 4 is 23.6 Å². The molecule has 1 amide bonds. The van der Waals surface area contributed by atoms with E-state index in [9.17, 15) is 14.7 Å². The minimum absolute atomic E-state index is 0.0947. The molecule has 2 heterocycles. The van der Waals surface area contributed by atoms with E-state index < -0.39 is 11.4 Å². The molecule has 1 N–H and O–H groups in total. The van der Waals surface area contributed by atoms with Crippen LogP contribution in [0.4, 0.5) is 0 Å². The van der Waals surface area contributed by atoms with Gasteiger partial charge in [-0.3, -0.25) is 9.59 Å². The first kappa shape index (κ1) is 15.4. The molecule has 5 nitrogen and oxygen atoms in total. The van der Waals surface area contributed by atoms with Crippen LogP contribution >= 0.6 is 11.8 Å². The number of ether oxygens (including phenoxy) is 1. The van der Waals surface area contributed by atoms with Gasteiger partial charge < -0.3 is 14.7 Å². The van der Waals surface area contributed by atoms with Crippen LogP contribution in [0.1, 0.15) is 16.8 Å². The maximum absolute atomic E-state index is 12.6. The zero-order valence-corrected chi connectivity index (χ0v) is 13.3. The van der Waals surface area contributed by atoms with Gasteiger partial charge in [0.05, 0.1) is 12.0 Å². The lowest BCUT2D eigenvalue weighted by molar-refractivity contribution is -0.157. The Bertz CT molecular complexity index is 588. The van der Waals surface area contributed by atoms with Crippen LogP contribution in [-0.2, 0) is 9.53 Å². The molecule has 2 saturated heterocycles. The van der Waals surface area contributed by atoms with E-state index in [-0.39, 0.29) is 18.4 Å². The largest absolute Gasteiger partial charge is 0.481 e. The molecular formula is C16H19NO4S. The highest BCUT2D eigenvalue weighted by molar-refractivity contribution is 7.98. The molecule has 2 aliphatic rings. The SMILES string of the molecule is CSc1ccc(C(=O)N2C[C@H]3COCC[C@@]3(C(=O)O)C2)cc1. The number of aliphatic carboxylic acids is 1. The lowest BCUT2D eigenvalue weighted by atomic mass is 9.74. The van der Waals surface area contributed by atoms with E-state index in [0.29, 0.717) is 31.7 Å². The van der Waals surface area contributed by atoms with Gasteiger partial charge in [-0.2, -0.15) is 0 Å². The smallest absolute Gasteiger partial charge is 0.311 e. The van der Waals surface area contributed by atoms with Crippen molar-refractivity contribution in [1.82, 2.24) is 4.90 Å². The summed E-state index contributed by atoms with van der Waals surface area (Å²) in [6.45, 7) is 1.60. The van der Waals surface area contributed by atoms with E-state index in [0.717, 1.165) is 4.90 Å². The molecule has 0 bridgehead atoms. The molecule has 118 valence electrons. The van der Waals surface area contributed by atoms with Gasteiger partial charge in [0, 0.05) is 36.1 Å². The van der Waals surface area contributed by atoms with Crippen molar-refractivity contribution in [3.63, 3.8) is 0 Å². The first-order valence-electron chi connectivity index (χ1n) is 7.31. The Morgan fingerprint density at radius 3 is 2.68 bits per heavy atom. The molecule has 0 saturated carbocycles. The number of hydrogen-bond acceptors (Lipinski definition) is 4. The summed E-state index contributed by atoms with van der Waals surface area (Å²) in [7, 11) is 0. The number of carbonyl (C=O) groups is 2. The van der Waals surface area contributed by atoms with Gasteiger partial charge >= 0.3 is 5.97 Å². The number of thioether (sulfide) groups is 1. The van der Waals surface area contributed by atoms with Crippen molar-refractivity contribution in [2.75, 3.05) is 32.6 Å². The van der Waals surface area contributed by atoms with Crippen LogP contribution in [0, 0.1) is 11.3 Å². The molecule has 2 aliphatic heterocycles. The minimum atomic E-state index is -0.840. The number of carbonyl (C=O) groups excluding carboxylic acids is 1. The number of fused-ring (bicyclic) bond motifs is 1. The van der Waals surface area contributed by atoms with Crippen LogP contribution in [0.2, 0.25) is 0 Å². The number of carboxylic acids is 1. The van der Waals surface area contributed by atoms with Gasteiger partial charge in [0.2, 0.25) is 0 Å². The molecule has 2 atom stereocenters. The van der Waals surface area contributed by atoms with Crippen molar-refractivity contribution in [3.05, 3.63) is 29.8 Å². The van der Waals surface area contributed by atoms with E-state index in [2.05, 4.69) is 0 Å². The minimum Gasteiger partial charge on any atom is -0.481 e. The monoisotopic (exact) mass is 321 g/mol. The maximum Gasteiger partial charge on any atom is 0.311 e. The summed E-state index contributed by atoms with van der Waals surface area (Å²) in [5, 5.41) is 9.64. The summed E-state index contributed by atoms with van der Waals surface area (Å²) in [6, 6.07) is 7.44. The van der Waals surface area contributed by atoms with E-state index >= 15 is 0 Å². The van der Waals surface area contributed by atoms with Crippen LogP contribution in [0.25, 0.3) is 0 Å². The number of amides is 1. The fourth-order valence-electron chi connectivity index (χ4n) is 3.37. The molecule has 6 heteroatoms. The molecule has 0 radical (unpaired) electrons. The van der Waals surface area contributed by atoms with Crippen molar-refractivity contribution in [2.24, 2.45) is 11.3 Å². The third-order valence-electron chi connectivity index (χ3n) is 4.76. The van der Waals surface area contributed by atoms with E-state index in [1.165, 1.54) is 0 Å². The average Bonchev–Trinajstić information content (AvgIpc) is 2.95. The molecule has 0 aliphatic carbocycles. The van der Waals surface area contributed by atoms with Gasteiger partial charge in [-0.15, -0.1) is 11.8 Å². The number of carboxylic acid groups (broad SMARTS) is 1. The zero-order valence-electron chi connectivity index (χ0n) is 12.4. The highest BCUT2D eigenvalue weighted by atomic mass is 32.2. The molecule has 1 aromatic rings. The fourth-order valence-corrected chi connectivity index (χ4v) is 3.78. The first-order chi connectivity index (χ1) is 10.6. The lowest BCUT2D eigenvalue weighted by Gasteiger charge is -2.33. The second kappa shape index (κ2) is 5.93. The van der Waals surface area contributed by atoms with Crippen LogP contribution in [0.15, 0.2) is 29.2 Å². The number of rotatable bonds is 3. The zero-order chi connectivity index (χ0) is 15.7. The predicted molar refractivity (Wildman–Crippen MR) is 83.1 cm³/mol. The van der Waals surface area contributed by atoms with Crippen molar-refractivity contribution in [1.29, 1.82) is 0 Å². The lowest BCUT2D eigenvalue weighted by Crippen LogP contribution is -2.45. The van der Waals surface area contributed by atoms with Crippen LogP contribution in [0.5, 0.6) is 0 Å². The number of nitrogens with zero attached hydrogens (tertiary/aromatic N) is 1. The van der Waals surface area contributed by atoms with Crippen molar-refractivity contribution < 1.29 is 19.4 Å². The predicted octanol–water partition coefficient (Wildman–Crippen LogP) is 1.97. The summed E-state index contributed by atoms with van der Waals surface area (Å²) >= 11 is 1.62. The van der Waals surface area contributed by atoms with Gasteiger partial charge in [-0.25, -0.2) is 0 Å². The Hall–Kier alpha value is -1.53. The first-order valence-corrected chi connectivity index (χ1v) is 8.54. The topological polar surface area (TPSA) is 66.8 Å². The van der Waals surface area contributed by atoms with Crippen molar-refractivity contribution in [3.8, 4) is 0 Å². The third kappa shape index (κ3) is 2.50. The second-order valence-corrected chi connectivity index (χ2v) is 6.78. The number of benzene rings is 1. The van der Waals surface area contributed by atoms with E-state index in [4.69, 9.17) is 4.74 Å². The maximum atomic E-state index is 12.6. The highest BCUT2D eigenvalue weighted by Gasteiger charge is 2.54. The van der Waals surface area contributed by atoms with Crippen LogP contribution in [-0.4, -0.2) is 54.4 Å². The summed E-state index contributed by atoms with van der Waals surface area (Å²) in [4.78, 5) is 27.2. The molecule has 0 unspecified atom stereocenters. The van der Waals surface area contributed by atoms with E-state index in [1.807, 2.05) is 18.4 Å². The standard InChI is InChI=1S/C16H19NO4S/c1-22-13-4-2-11(3-5-13)14(18)17-8-12-9-21-7-6-16(12,10-17)15(19)20/h2-5,12H,6-10H2,1H3,(H,19,20)/t12-,16+/m0/s1.